The summed E-state index contributed by atoms with van der Waals surface area (Å²) in [6, 6.07) is 5.50. The van der Waals surface area contributed by atoms with Crippen LogP contribution >= 0.6 is 0 Å². The smallest absolute Gasteiger partial charge is 0.337 e. The van der Waals surface area contributed by atoms with E-state index in [1.54, 1.807) is 0 Å². The van der Waals surface area contributed by atoms with Gasteiger partial charge in [0, 0.05) is 13.1 Å². The van der Waals surface area contributed by atoms with E-state index < -0.39 is 16.0 Å². The molecule has 0 saturated carbocycles. The average Bonchev–Trinajstić information content (AvgIpc) is 2.38. The van der Waals surface area contributed by atoms with Crippen LogP contribution in [0.25, 0.3) is 0 Å². The van der Waals surface area contributed by atoms with Gasteiger partial charge in [-0.1, -0.05) is 24.3 Å². The molecule has 0 saturated heterocycles. The van der Waals surface area contributed by atoms with E-state index >= 15 is 0 Å². The summed E-state index contributed by atoms with van der Waals surface area (Å²) in [6.45, 7) is 7.15. The number of carboxylic acid groups (broad SMARTS) is 1. The van der Waals surface area contributed by atoms with E-state index in [2.05, 4.69) is 13.2 Å². The molecule has 1 aromatic rings. The van der Waals surface area contributed by atoms with Crippen molar-refractivity contribution in [1.82, 2.24) is 4.31 Å². The number of nitrogens with zero attached hydrogens (tertiary/aromatic N) is 1. The summed E-state index contributed by atoms with van der Waals surface area (Å²) in [6.07, 6.45) is 2.87. The summed E-state index contributed by atoms with van der Waals surface area (Å²) in [7, 11) is -3.89. The Morgan fingerprint density at radius 3 is 2.21 bits per heavy atom. The highest BCUT2D eigenvalue weighted by atomic mass is 32.2. The molecule has 0 atom stereocenters. The van der Waals surface area contributed by atoms with E-state index in [0.717, 1.165) is 4.31 Å². The fourth-order valence-electron chi connectivity index (χ4n) is 1.57. The predicted molar refractivity (Wildman–Crippen MR) is 72.6 cm³/mol. The van der Waals surface area contributed by atoms with Crippen molar-refractivity contribution in [3.8, 4) is 0 Å². The number of hydrogen-bond acceptors (Lipinski definition) is 3. The first-order valence-electron chi connectivity index (χ1n) is 5.49. The maximum atomic E-state index is 12.4. The second kappa shape index (κ2) is 6.31. The second-order valence-electron chi connectivity index (χ2n) is 3.70. The minimum atomic E-state index is -3.89. The number of sulfonamides is 1. The van der Waals surface area contributed by atoms with E-state index in [9.17, 15) is 13.2 Å². The quantitative estimate of drug-likeness (QED) is 0.773. The highest BCUT2D eigenvalue weighted by Crippen LogP contribution is 2.20. The first kappa shape index (κ1) is 15.1. The Balaban J connectivity index is 3.36. The van der Waals surface area contributed by atoms with Crippen molar-refractivity contribution in [3.05, 3.63) is 55.1 Å². The third-order valence-corrected chi connectivity index (χ3v) is 4.29. The largest absolute Gasteiger partial charge is 0.478 e. The van der Waals surface area contributed by atoms with Crippen LogP contribution in [0.4, 0.5) is 0 Å². The number of hydrogen-bond donors (Lipinski definition) is 1. The molecule has 0 amide bonds. The van der Waals surface area contributed by atoms with Crippen molar-refractivity contribution in [2.75, 3.05) is 13.1 Å². The molecule has 0 fully saturated rings. The lowest BCUT2D eigenvalue weighted by Gasteiger charge is -2.19. The molecule has 0 bridgehead atoms. The molecule has 1 N–H and O–H groups in total. The molecule has 1 aromatic carbocycles. The van der Waals surface area contributed by atoms with Crippen LogP contribution in [0.15, 0.2) is 54.5 Å². The molecule has 102 valence electrons. The van der Waals surface area contributed by atoms with E-state index in [1.165, 1.54) is 36.4 Å². The predicted octanol–water partition coefficient (Wildman–Crippen LogP) is 1.75. The molecule has 1 rings (SSSR count). The Hall–Kier alpha value is -1.92. The van der Waals surface area contributed by atoms with Crippen LogP contribution in [0.1, 0.15) is 10.4 Å². The fourth-order valence-corrected chi connectivity index (χ4v) is 3.13. The average molecular weight is 281 g/mol. The number of benzene rings is 1. The number of carboxylic acids is 1. The normalized spacial score (nSPS) is 11.2. The standard InChI is InChI=1S/C13H15NO4S/c1-3-9-14(10-4-2)19(17,18)12-8-6-5-7-11(12)13(15)16/h3-8H,1-2,9-10H2,(H,15,16). The Labute approximate surface area is 112 Å². The van der Waals surface area contributed by atoms with Gasteiger partial charge in [-0.2, -0.15) is 4.31 Å². The number of carbonyl (C=O) groups is 1. The zero-order valence-electron chi connectivity index (χ0n) is 10.3. The van der Waals surface area contributed by atoms with Crippen LogP contribution in [0.2, 0.25) is 0 Å². The molecule has 19 heavy (non-hydrogen) atoms. The van der Waals surface area contributed by atoms with Gasteiger partial charge in [0.05, 0.1) is 10.5 Å². The molecule has 0 aliphatic rings. The van der Waals surface area contributed by atoms with Gasteiger partial charge in [-0.05, 0) is 12.1 Å². The van der Waals surface area contributed by atoms with Crippen molar-refractivity contribution in [3.63, 3.8) is 0 Å². The van der Waals surface area contributed by atoms with Crippen molar-refractivity contribution >= 4 is 16.0 Å². The van der Waals surface area contributed by atoms with Crippen LogP contribution in [0, 0.1) is 0 Å². The summed E-state index contributed by atoms with van der Waals surface area (Å²) in [5, 5.41) is 9.05. The molecule has 0 spiro atoms. The van der Waals surface area contributed by atoms with E-state index in [4.69, 9.17) is 5.11 Å². The van der Waals surface area contributed by atoms with Crippen LogP contribution in [-0.4, -0.2) is 36.9 Å². The molecule has 0 radical (unpaired) electrons. The molecule has 0 aromatic heterocycles. The first-order chi connectivity index (χ1) is 8.95. The monoisotopic (exact) mass is 281 g/mol. The minimum Gasteiger partial charge on any atom is -0.478 e. The lowest BCUT2D eigenvalue weighted by Crippen LogP contribution is -2.32. The van der Waals surface area contributed by atoms with Gasteiger partial charge in [-0.3, -0.25) is 0 Å². The highest BCUT2D eigenvalue weighted by Gasteiger charge is 2.27. The maximum Gasteiger partial charge on any atom is 0.337 e. The first-order valence-corrected chi connectivity index (χ1v) is 6.93. The topological polar surface area (TPSA) is 74.7 Å². The second-order valence-corrected chi connectivity index (χ2v) is 5.61. The SMILES string of the molecule is C=CCN(CC=C)S(=O)(=O)c1ccccc1C(=O)O. The van der Waals surface area contributed by atoms with Gasteiger partial charge in [0.15, 0.2) is 0 Å². The van der Waals surface area contributed by atoms with Gasteiger partial charge in [0.1, 0.15) is 0 Å². The number of rotatable bonds is 7. The molecular formula is C13H15NO4S. The zero-order chi connectivity index (χ0) is 14.5. The van der Waals surface area contributed by atoms with Crippen molar-refractivity contribution in [2.24, 2.45) is 0 Å². The molecule has 0 heterocycles. The summed E-state index contributed by atoms with van der Waals surface area (Å²) >= 11 is 0. The Morgan fingerprint density at radius 2 is 1.74 bits per heavy atom. The van der Waals surface area contributed by atoms with E-state index in [0.29, 0.717) is 0 Å². The van der Waals surface area contributed by atoms with Gasteiger partial charge in [-0.25, -0.2) is 13.2 Å². The highest BCUT2D eigenvalue weighted by molar-refractivity contribution is 7.89. The van der Waals surface area contributed by atoms with Crippen LogP contribution in [0.3, 0.4) is 0 Å². The molecule has 5 nitrogen and oxygen atoms in total. The summed E-state index contributed by atoms with van der Waals surface area (Å²) < 4.78 is 25.9. The summed E-state index contributed by atoms with van der Waals surface area (Å²) in [4.78, 5) is 10.9. The Kier molecular flexibility index (Phi) is 5.02. The van der Waals surface area contributed by atoms with Gasteiger partial charge in [-0.15, -0.1) is 13.2 Å². The van der Waals surface area contributed by atoms with E-state index in [1.807, 2.05) is 0 Å². The van der Waals surface area contributed by atoms with Gasteiger partial charge in [0.2, 0.25) is 10.0 Å². The molecule has 0 aliphatic heterocycles. The molecule has 6 heteroatoms. The third kappa shape index (κ3) is 3.30. The third-order valence-electron chi connectivity index (χ3n) is 2.40. The summed E-state index contributed by atoms with van der Waals surface area (Å²) in [5.41, 5.74) is -0.249. The maximum absolute atomic E-state index is 12.4. The van der Waals surface area contributed by atoms with Crippen molar-refractivity contribution in [2.45, 2.75) is 4.90 Å². The van der Waals surface area contributed by atoms with Crippen LogP contribution < -0.4 is 0 Å². The molecule has 0 aliphatic carbocycles. The van der Waals surface area contributed by atoms with Gasteiger partial charge in [0.25, 0.3) is 0 Å². The summed E-state index contributed by atoms with van der Waals surface area (Å²) in [5.74, 6) is -1.28. The minimum absolute atomic E-state index is 0.0856. The molecule has 0 unspecified atom stereocenters. The fraction of sp³-hybridized carbons (Fsp3) is 0.154. The Bertz CT molecular complexity index is 582. The van der Waals surface area contributed by atoms with Gasteiger partial charge < -0.3 is 5.11 Å². The lowest BCUT2D eigenvalue weighted by molar-refractivity contribution is 0.0692. The van der Waals surface area contributed by atoms with E-state index in [-0.39, 0.29) is 23.5 Å². The molecular weight excluding hydrogens is 266 g/mol. The Morgan fingerprint density at radius 1 is 1.21 bits per heavy atom. The van der Waals surface area contributed by atoms with Crippen molar-refractivity contribution < 1.29 is 18.3 Å². The van der Waals surface area contributed by atoms with Gasteiger partial charge >= 0.3 is 5.97 Å². The van der Waals surface area contributed by atoms with Crippen LogP contribution in [-0.2, 0) is 10.0 Å². The van der Waals surface area contributed by atoms with Crippen molar-refractivity contribution in [1.29, 1.82) is 0 Å². The zero-order valence-corrected chi connectivity index (χ0v) is 11.1. The lowest BCUT2D eigenvalue weighted by atomic mass is 10.2. The van der Waals surface area contributed by atoms with Crippen LogP contribution in [0.5, 0.6) is 0 Å². The number of aromatic carboxylic acids is 1.